The molecule has 1 atom stereocenters. The molecule has 4 nitrogen and oxygen atoms in total. The summed E-state index contributed by atoms with van der Waals surface area (Å²) in [4.78, 5) is 17.9. The molecule has 1 aromatic heterocycles. The summed E-state index contributed by atoms with van der Waals surface area (Å²) in [5, 5.41) is 0.604. The van der Waals surface area contributed by atoms with Gasteiger partial charge in [-0.25, -0.2) is 4.98 Å². The Labute approximate surface area is 116 Å². The van der Waals surface area contributed by atoms with Crippen LogP contribution in [0.3, 0.4) is 0 Å². The lowest BCUT2D eigenvalue weighted by Gasteiger charge is -2.14. The minimum atomic E-state index is -0.141. The van der Waals surface area contributed by atoms with Crippen molar-refractivity contribution in [1.82, 2.24) is 9.97 Å². The maximum Gasteiger partial charge on any atom is 0.251 e. The summed E-state index contributed by atoms with van der Waals surface area (Å²) in [5.41, 5.74) is 9.61. The fraction of sp³-hybridized carbons (Fsp3) is 0.286. The molecule has 0 spiro atoms. The van der Waals surface area contributed by atoms with E-state index in [-0.39, 0.29) is 11.6 Å². The van der Waals surface area contributed by atoms with Crippen LogP contribution in [0.5, 0.6) is 0 Å². The molecule has 1 unspecified atom stereocenters. The Morgan fingerprint density at radius 3 is 2.84 bits per heavy atom. The standard InChI is InChI=1S/C14H17N3OS/c1-9-3-4-11(10(2)7-9)12(15)8-19-14-16-6-5-13(18)17-14/h3-7,12H,8,15H2,1-2H3,(H,16,17,18). The molecular weight excluding hydrogens is 258 g/mol. The van der Waals surface area contributed by atoms with Crippen LogP contribution in [0.2, 0.25) is 0 Å². The largest absolute Gasteiger partial charge is 0.323 e. The van der Waals surface area contributed by atoms with Gasteiger partial charge in [0, 0.05) is 24.1 Å². The maximum absolute atomic E-state index is 11.2. The molecule has 0 fully saturated rings. The van der Waals surface area contributed by atoms with Crippen LogP contribution in [0.25, 0.3) is 0 Å². The van der Waals surface area contributed by atoms with Gasteiger partial charge in [0.15, 0.2) is 5.16 Å². The second kappa shape index (κ2) is 6.04. The van der Waals surface area contributed by atoms with Crippen LogP contribution in [-0.4, -0.2) is 15.7 Å². The van der Waals surface area contributed by atoms with Crippen molar-refractivity contribution in [3.63, 3.8) is 0 Å². The molecule has 2 aromatic rings. The van der Waals surface area contributed by atoms with E-state index in [4.69, 9.17) is 5.73 Å². The van der Waals surface area contributed by atoms with Crippen molar-refractivity contribution in [1.29, 1.82) is 0 Å². The Hall–Kier alpha value is -1.59. The first-order chi connectivity index (χ1) is 9.06. The van der Waals surface area contributed by atoms with Gasteiger partial charge in [-0.15, -0.1) is 0 Å². The first-order valence-electron chi connectivity index (χ1n) is 6.07. The molecular formula is C14H17N3OS. The molecule has 0 aliphatic rings. The molecule has 1 aromatic carbocycles. The van der Waals surface area contributed by atoms with Crippen LogP contribution < -0.4 is 11.3 Å². The molecule has 3 N–H and O–H groups in total. The number of benzene rings is 1. The van der Waals surface area contributed by atoms with E-state index in [1.807, 2.05) is 0 Å². The van der Waals surface area contributed by atoms with Crippen molar-refractivity contribution in [3.8, 4) is 0 Å². The zero-order chi connectivity index (χ0) is 13.8. The zero-order valence-corrected chi connectivity index (χ0v) is 11.8. The monoisotopic (exact) mass is 275 g/mol. The number of aromatic amines is 1. The molecule has 5 heteroatoms. The van der Waals surface area contributed by atoms with Gasteiger partial charge in [0.05, 0.1) is 0 Å². The summed E-state index contributed by atoms with van der Waals surface area (Å²) in [5.74, 6) is 0.677. The second-order valence-corrected chi connectivity index (χ2v) is 5.53. The van der Waals surface area contributed by atoms with E-state index >= 15 is 0 Å². The van der Waals surface area contributed by atoms with Crippen molar-refractivity contribution in [3.05, 3.63) is 57.5 Å². The van der Waals surface area contributed by atoms with E-state index in [1.165, 1.54) is 35.2 Å². The van der Waals surface area contributed by atoms with E-state index in [1.54, 1.807) is 0 Å². The topological polar surface area (TPSA) is 71.8 Å². The third kappa shape index (κ3) is 3.68. The summed E-state index contributed by atoms with van der Waals surface area (Å²) < 4.78 is 0. The highest BCUT2D eigenvalue weighted by atomic mass is 32.2. The number of hydrogen-bond donors (Lipinski definition) is 2. The lowest BCUT2D eigenvalue weighted by molar-refractivity contribution is 0.816. The van der Waals surface area contributed by atoms with Gasteiger partial charge in [-0.05, 0) is 25.0 Å². The summed E-state index contributed by atoms with van der Waals surface area (Å²) in [6, 6.07) is 7.58. The van der Waals surface area contributed by atoms with Crippen LogP contribution in [0.1, 0.15) is 22.7 Å². The van der Waals surface area contributed by atoms with Gasteiger partial charge < -0.3 is 10.7 Å². The van der Waals surface area contributed by atoms with Crippen LogP contribution in [-0.2, 0) is 0 Å². The lowest BCUT2D eigenvalue weighted by atomic mass is 10.0. The molecule has 0 aliphatic heterocycles. The van der Waals surface area contributed by atoms with Gasteiger partial charge in [0.25, 0.3) is 5.56 Å². The van der Waals surface area contributed by atoms with Crippen LogP contribution in [0.4, 0.5) is 0 Å². The van der Waals surface area contributed by atoms with Crippen LogP contribution in [0, 0.1) is 13.8 Å². The van der Waals surface area contributed by atoms with Gasteiger partial charge in [-0.2, -0.15) is 0 Å². The molecule has 19 heavy (non-hydrogen) atoms. The van der Waals surface area contributed by atoms with E-state index < -0.39 is 0 Å². The second-order valence-electron chi connectivity index (χ2n) is 4.52. The molecule has 0 radical (unpaired) electrons. The Balaban J connectivity index is 2.05. The molecule has 0 aliphatic carbocycles. The van der Waals surface area contributed by atoms with Gasteiger partial charge in [-0.3, -0.25) is 4.79 Å². The molecule has 0 bridgehead atoms. The fourth-order valence-corrected chi connectivity index (χ4v) is 2.75. The molecule has 1 heterocycles. The predicted molar refractivity (Wildman–Crippen MR) is 78.4 cm³/mol. The minimum absolute atomic E-state index is 0.0730. The third-order valence-corrected chi connectivity index (χ3v) is 3.88. The van der Waals surface area contributed by atoms with Crippen molar-refractivity contribution >= 4 is 11.8 Å². The zero-order valence-electron chi connectivity index (χ0n) is 11.0. The first kappa shape index (κ1) is 13.8. The van der Waals surface area contributed by atoms with E-state index in [2.05, 4.69) is 42.0 Å². The Kier molecular flexibility index (Phi) is 4.39. The minimum Gasteiger partial charge on any atom is -0.323 e. The Bertz CT molecular complexity index is 624. The van der Waals surface area contributed by atoms with Crippen LogP contribution >= 0.6 is 11.8 Å². The summed E-state index contributed by atoms with van der Waals surface area (Å²) >= 11 is 1.46. The number of nitrogens with zero attached hydrogens (tertiary/aromatic N) is 1. The van der Waals surface area contributed by atoms with Gasteiger partial charge in [0.1, 0.15) is 0 Å². The van der Waals surface area contributed by atoms with Crippen molar-refractivity contribution in [2.75, 3.05) is 5.75 Å². The Morgan fingerprint density at radius 1 is 1.37 bits per heavy atom. The highest BCUT2D eigenvalue weighted by Gasteiger charge is 2.10. The number of thioether (sulfide) groups is 1. The fourth-order valence-electron chi connectivity index (χ4n) is 1.93. The van der Waals surface area contributed by atoms with Crippen molar-refractivity contribution in [2.45, 2.75) is 25.0 Å². The predicted octanol–water partition coefficient (Wildman–Crippen LogP) is 2.18. The number of aryl methyl sites for hydroxylation is 2. The van der Waals surface area contributed by atoms with E-state index in [0.29, 0.717) is 10.9 Å². The average Bonchev–Trinajstić information content (AvgIpc) is 2.36. The normalized spacial score (nSPS) is 12.4. The Morgan fingerprint density at radius 2 is 2.16 bits per heavy atom. The number of H-pyrrole nitrogens is 1. The highest BCUT2D eigenvalue weighted by molar-refractivity contribution is 7.99. The van der Waals surface area contributed by atoms with E-state index in [0.717, 1.165) is 5.56 Å². The number of rotatable bonds is 4. The van der Waals surface area contributed by atoms with Crippen LogP contribution in [0.15, 0.2) is 40.4 Å². The lowest BCUT2D eigenvalue weighted by Crippen LogP contribution is -2.15. The molecule has 0 saturated heterocycles. The summed E-state index contributed by atoms with van der Waals surface area (Å²) in [7, 11) is 0. The maximum atomic E-state index is 11.2. The molecule has 0 amide bonds. The third-order valence-electron chi connectivity index (χ3n) is 2.87. The van der Waals surface area contributed by atoms with E-state index in [9.17, 15) is 4.79 Å². The average molecular weight is 275 g/mol. The number of nitrogens with two attached hydrogens (primary N) is 1. The SMILES string of the molecule is Cc1ccc(C(N)CSc2nccc(=O)[nH]2)c(C)c1. The number of hydrogen-bond acceptors (Lipinski definition) is 4. The van der Waals surface area contributed by atoms with Crippen molar-refractivity contribution in [2.24, 2.45) is 5.73 Å². The van der Waals surface area contributed by atoms with Gasteiger partial charge >= 0.3 is 0 Å². The quantitative estimate of drug-likeness (QED) is 0.662. The number of nitrogens with one attached hydrogen (secondary N) is 1. The molecule has 2 rings (SSSR count). The summed E-state index contributed by atoms with van der Waals surface area (Å²) in [6.45, 7) is 4.13. The van der Waals surface area contributed by atoms with Gasteiger partial charge in [-0.1, -0.05) is 35.5 Å². The van der Waals surface area contributed by atoms with Crippen molar-refractivity contribution < 1.29 is 0 Å². The number of aromatic nitrogens is 2. The molecule has 0 saturated carbocycles. The molecule has 100 valence electrons. The smallest absolute Gasteiger partial charge is 0.251 e. The summed E-state index contributed by atoms with van der Waals surface area (Å²) in [6.07, 6.45) is 1.50. The first-order valence-corrected chi connectivity index (χ1v) is 7.05. The van der Waals surface area contributed by atoms with Gasteiger partial charge in [0.2, 0.25) is 0 Å². The highest BCUT2D eigenvalue weighted by Crippen LogP contribution is 2.22.